The zero-order chi connectivity index (χ0) is 12.1. The molecule has 0 spiro atoms. The summed E-state index contributed by atoms with van der Waals surface area (Å²) in [7, 11) is 0. The summed E-state index contributed by atoms with van der Waals surface area (Å²) in [5.41, 5.74) is 0. The fourth-order valence-corrected chi connectivity index (χ4v) is 2.84. The van der Waals surface area contributed by atoms with Crippen LogP contribution >= 0.6 is 0 Å². The molecule has 100 valence electrons. The second-order valence-corrected chi connectivity index (χ2v) is 5.83. The fourth-order valence-electron chi connectivity index (χ4n) is 2.84. The molecule has 0 aromatic heterocycles. The first kappa shape index (κ1) is 13.3. The maximum absolute atomic E-state index is 9.35. The van der Waals surface area contributed by atoms with Crippen LogP contribution < -0.4 is 5.32 Å². The lowest BCUT2D eigenvalue weighted by Crippen LogP contribution is -2.41. The fraction of sp³-hybridized carbons (Fsp3) is 1.00. The Morgan fingerprint density at radius 3 is 2.82 bits per heavy atom. The van der Waals surface area contributed by atoms with E-state index in [9.17, 15) is 5.11 Å². The molecule has 3 nitrogen and oxygen atoms in total. The number of aliphatic hydroxyl groups excluding tert-OH is 1. The summed E-state index contributed by atoms with van der Waals surface area (Å²) in [5.74, 6) is 0.910. The van der Waals surface area contributed by atoms with Gasteiger partial charge >= 0.3 is 0 Å². The van der Waals surface area contributed by atoms with Crippen LogP contribution in [-0.4, -0.2) is 48.3 Å². The minimum atomic E-state index is 0.293. The van der Waals surface area contributed by atoms with Gasteiger partial charge in [-0.05, 0) is 51.1 Å². The first-order valence-electron chi connectivity index (χ1n) is 7.41. The Hall–Kier alpha value is -0.120. The highest BCUT2D eigenvalue weighted by atomic mass is 16.3. The molecule has 0 aromatic rings. The van der Waals surface area contributed by atoms with Crippen molar-refractivity contribution in [2.75, 3.05) is 26.2 Å². The SMILES string of the molecule is CCC1CCCN(CCC(CO)NC2CC2)C1. The second-order valence-electron chi connectivity index (χ2n) is 5.83. The lowest BCUT2D eigenvalue weighted by molar-refractivity contribution is 0.153. The molecule has 0 amide bonds. The molecule has 2 rings (SSSR count). The van der Waals surface area contributed by atoms with Crippen LogP contribution in [0.1, 0.15) is 45.4 Å². The molecule has 1 saturated heterocycles. The Labute approximate surface area is 106 Å². The summed E-state index contributed by atoms with van der Waals surface area (Å²) >= 11 is 0. The summed E-state index contributed by atoms with van der Waals surface area (Å²) < 4.78 is 0. The normalized spacial score (nSPS) is 28.2. The Bertz CT molecular complexity index is 218. The lowest BCUT2D eigenvalue weighted by Gasteiger charge is -2.33. The van der Waals surface area contributed by atoms with Gasteiger partial charge in [0.1, 0.15) is 0 Å². The van der Waals surface area contributed by atoms with Crippen LogP contribution in [0, 0.1) is 5.92 Å². The van der Waals surface area contributed by atoms with Gasteiger partial charge in [-0.1, -0.05) is 13.3 Å². The smallest absolute Gasteiger partial charge is 0.0585 e. The van der Waals surface area contributed by atoms with E-state index in [1.807, 2.05) is 0 Å². The molecule has 1 heterocycles. The number of likely N-dealkylation sites (tertiary alicyclic amines) is 1. The summed E-state index contributed by atoms with van der Waals surface area (Å²) in [6.45, 7) is 6.29. The summed E-state index contributed by atoms with van der Waals surface area (Å²) in [4.78, 5) is 2.59. The van der Waals surface area contributed by atoms with Gasteiger partial charge in [0.25, 0.3) is 0 Å². The van der Waals surface area contributed by atoms with Gasteiger partial charge in [-0.25, -0.2) is 0 Å². The Kier molecular flexibility index (Phi) is 5.26. The first-order valence-corrected chi connectivity index (χ1v) is 7.41. The second kappa shape index (κ2) is 6.72. The molecule has 17 heavy (non-hydrogen) atoms. The van der Waals surface area contributed by atoms with Crippen molar-refractivity contribution in [2.24, 2.45) is 5.92 Å². The van der Waals surface area contributed by atoms with E-state index >= 15 is 0 Å². The number of hydrogen-bond donors (Lipinski definition) is 2. The number of hydrogen-bond acceptors (Lipinski definition) is 3. The van der Waals surface area contributed by atoms with Crippen molar-refractivity contribution in [3.63, 3.8) is 0 Å². The van der Waals surface area contributed by atoms with Crippen molar-refractivity contribution in [2.45, 2.75) is 57.5 Å². The average molecular weight is 240 g/mol. The monoisotopic (exact) mass is 240 g/mol. The van der Waals surface area contributed by atoms with Gasteiger partial charge in [-0.2, -0.15) is 0 Å². The highest BCUT2D eigenvalue weighted by molar-refractivity contribution is 4.85. The van der Waals surface area contributed by atoms with E-state index < -0.39 is 0 Å². The first-order chi connectivity index (χ1) is 8.31. The average Bonchev–Trinajstić information content (AvgIpc) is 3.18. The van der Waals surface area contributed by atoms with E-state index in [0.717, 1.165) is 18.9 Å². The predicted octanol–water partition coefficient (Wildman–Crippen LogP) is 1.61. The standard InChI is InChI=1S/C14H28N2O/c1-2-12-4-3-8-16(10-12)9-7-14(11-17)15-13-5-6-13/h12-15,17H,2-11H2,1H3. The summed E-state index contributed by atoms with van der Waals surface area (Å²) in [6.07, 6.45) is 7.80. The third-order valence-electron chi connectivity index (χ3n) is 4.24. The zero-order valence-electron chi connectivity index (χ0n) is 11.2. The van der Waals surface area contributed by atoms with Gasteiger partial charge in [0.2, 0.25) is 0 Å². The number of nitrogens with one attached hydrogen (secondary N) is 1. The minimum Gasteiger partial charge on any atom is -0.395 e. The largest absolute Gasteiger partial charge is 0.395 e. The van der Waals surface area contributed by atoms with Crippen LogP contribution in [0.5, 0.6) is 0 Å². The van der Waals surface area contributed by atoms with Crippen molar-refractivity contribution < 1.29 is 5.11 Å². The van der Waals surface area contributed by atoms with E-state index in [4.69, 9.17) is 0 Å². The lowest BCUT2D eigenvalue weighted by atomic mass is 9.95. The van der Waals surface area contributed by atoms with E-state index in [0.29, 0.717) is 18.7 Å². The van der Waals surface area contributed by atoms with E-state index in [1.54, 1.807) is 0 Å². The molecule has 3 heteroatoms. The van der Waals surface area contributed by atoms with Gasteiger partial charge < -0.3 is 15.3 Å². The minimum absolute atomic E-state index is 0.293. The molecule has 2 fully saturated rings. The molecule has 2 atom stereocenters. The number of rotatable bonds is 7. The molecule has 1 aliphatic heterocycles. The van der Waals surface area contributed by atoms with Gasteiger partial charge in [0.05, 0.1) is 6.61 Å². The van der Waals surface area contributed by atoms with Crippen molar-refractivity contribution >= 4 is 0 Å². The predicted molar refractivity (Wildman–Crippen MR) is 71.1 cm³/mol. The Morgan fingerprint density at radius 2 is 2.18 bits per heavy atom. The molecule has 2 aliphatic rings. The highest BCUT2D eigenvalue weighted by Crippen LogP contribution is 2.21. The molecule has 0 radical (unpaired) electrons. The molecule has 2 N–H and O–H groups in total. The quantitative estimate of drug-likeness (QED) is 0.710. The van der Waals surface area contributed by atoms with E-state index in [1.165, 1.54) is 45.2 Å². The van der Waals surface area contributed by atoms with Crippen LogP contribution in [0.15, 0.2) is 0 Å². The molecular formula is C14H28N2O. The Balaban J connectivity index is 1.64. The molecular weight excluding hydrogens is 212 g/mol. The molecule has 0 aromatic carbocycles. The third kappa shape index (κ3) is 4.57. The summed E-state index contributed by atoms with van der Waals surface area (Å²) in [6, 6.07) is 1.03. The zero-order valence-corrected chi connectivity index (χ0v) is 11.2. The van der Waals surface area contributed by atoms with Crippen molar-refractivity contribution in [3.8, 4) is 0 Å². The highest BCUT2D eigenvalue weighted by Gasteiger charge is 2.25. The molecule has 2 unspecified atom stereocenters. The number of aliphatic hydroxyl groups is 1. The van der Waals surface area contributed by atoms with Crippen LogP contribution in [0.4, 0.5) is 0 Å². The number of nitrogens with zero attached hydrogens (tertiary/aromatic N) is 1. The molecule has 1 aliphatic carbocycles. The van der Waals surface area contributed by atoms with Gasteiger partial charge in [0, 0.05) is 18.6 Å². The van der Waals surface area contributed by atoms with Crippen molar-refractivity contribution in [1.29, 1.82) is 0 Å². The number of piperidine rings is 1. The van der Waals surface area contributed by atoms with Gasteiger partial charge in [0.15, 0.2) is 0 Å². The molecule has 1 saturated carbocycles. The van der Waals surface area contributed by atoms with Crippen LogP contribution in [0.3, 0.4) is 0 Å². The topological polar surface area (TPSA) is 35.5 Å². The molecule has 0 bridgehead atoms. The van der Waals surface area contributed by atoms with E-state index in [2.05, 4.69) is 17.1 Å². The van der Waals surface area contributed by atoms with E-state index in [-0.39, 0.29) is 0 Å². The van der Waals surface area contributed by atoms with Crippen LogP contribution in [0.25, 0.3) is 0 Å². The van der Waals surface area contributed by atoms with Gasteiger partial charge in [-0.3, -0.25) is 0 Å². The maximum Gasteiger partial charge on any atom is 0.0585 e. The van der Waals surface area contributed by atoms with Crippen molar-refractivity contribution in [1.82, 2.24) is 10.2 Å². The van der Waals surface area contributed by atoms with Crippen LogP contribution in [0.2, 0.25) is 0 Å². The summed E-state index contributed by atoms with van der Waals surface area (Å²) in [5, 5.41) is 12.9. The Morgan fingerprint density at radius 1 is 1.35 bits per heavy atom. The maximum atomic E-state index is 9.35. The third-order valence-corrected chi connectivity index (χ3v) is 4.24. The van der Waals surface area contributed by atoms with Gasteiger partial charge in [-0.15, -0.1) is 0 Å². The van der Waals surface area contributed by atoms with Crippen molar-refractivity contribution in [3.05, 3.63) is 0 Å². The van der Waals surface area contributed by atoms with Crippen LogP contribution in [-0.2, 0) is 0 Å².